The predicted octanol–water partition coefficient (Wildman–Crippen LogP) is 2.50. The standard InChI is InChI=1S/C12H20ClN3O/c1-8(2)11-14-10(13)9(3)12(15-11)17-7-6-16(4)5/h8H,6-7H2,1-5H3. The van der Waals surface area contributed by atoms with Crippen molar-refractivity contribution in [3.8, 4) is 5.88 Å². The zero-order valence-electron chi connectivity index (χ0n) is 11.1. The van der Waals surface area contributed by atoms with Crippen molar-refractivity contribution in [1.29, 1.82) is 0 Å². The van der Waals surface area contributed by atoms with Crippen LogP contribution in [0.2, 0.25) is 5.15 Å². The van der Waals surface area contributed by atoms with Crippen molar-refractivity contribution in [2.24, 2.45) is 0 Å². The van der Waals surface area contributed by atoms with Crippen LogP contribution < -0.4 is 4.74 Å². The van der Waals surface area contributed by atoms with Crippen LogP contribution in [0.25, 0.3) is 0 Å². The smallest absolute Gasteiger partial charge is 0.221 e. The number of hydrogen-bond donors (Lipinski definition) is 0. The van der Waals surface area contributed by atoms with Gasteiger partial charge in [-0.25, -0.2) is 4.98 Å². The van der Waals surface area contributed by atoms with Gasteiger partial charge in [-0.15, -0.1) is 0 Å². The Kier molecular flexibility index (Phi) is 5.15. The monoisotopic (exact) mass is 257 g/mol. The molecule has 0 aliphatic heterocycles. The van der Waals surface area contributed by atoms with Gasteiger partial charge in [-0.3, -0.25) is 0 Å². The van der Waals surface area contributed by atoms with Crippen molar-refractivity contribution < 1.29 is 4.74 Å². The SMILES string of the molecule is Cc1c(Cl)nc(C(C)C)nc1OCCN(C)C. The summed E-state index contributed by atoms with van der Waals surface area (Å²) in [5, 5.41) is 0.476. The highest BCUT2D eigenvalue weighted by atomic mass is 35.5. The van der Waals surface area contributed by atoms with E-state index in [9.17, 15) is 0 Å². The van der Waals surface area contributed by atoms with Crippen molar-refractivity contribution in [3.63, 3.8) is 0 Å². The molecular formula is C12H20ClN3O. The summed E-state index contributed by atoms with van der Waals surface area (Å²) in [5.74, 6) is 1.56. The Morgan fingerprint density at radius 2 is 1.94 bits per heavy atom. The number of nitrogens with zero attached hydrogens (tertiary/aromatic N) is 3. The second-order valence-electron chi connectivity index (χ2n) is 4.61. The molecule has 0 aliphatic carbocycles. The van der Waals surface area contributed by atoms with Crippen LogP contribution in [0.1, 0.15) is 31.2 Å². The topological polar surface area (TPSA) is 38.3 Å². The molecule has 17 heavy (non-hydrogen) atoms. The Hall–Kier alpha value is -0.870. The normalized spacial score (nSPS) is 11.3. The third kappa shape index (κ3) is 4.13. The molecular weight excluding hydrogens is 238 g/mol. The molecule has 0 fully saturated rings. The van der Waals surface area contributed by atoms with Crippen molar-refractivity contribution in [3.05, 3.63) is 16.5 Å². The lowest BCUT2D eigenvalue weighted by atomic mass is 10.2. The fourth-order valence-electron chi connectivity index (χ4n) is 1.21. The molecule has 0 spiro atoms. The van der Waals surface area contributed by atoms with Gasteiger partial charge >= 0.3 is 0 Å². The fourth-order valence-corrected chi connectivity index (χ4v) is 1.38. The fraction of sp³-hybridized carbons (Fsp3) is 0.667. The largest absolute Gasteiger partial charge is 0.476 e. The van der Waals surface area contributed by atoms with Crippen molar-refractivity contribution in [2.45, 2.75) is 26.7 Å². The molecule has 1 aromatic heterocycles. The Morgan fingerprint density at radius 3 is 2.47 bits per heavy atom. The lowest BCUT2D eigenvalue weighted by molar-refractivity contribution is 0.251. The maximum atomic E-state index is 6.06. The summed E-state index contributed by atoms with van der Waals surface area (Å²) in [6.45, 7) is 7.38. The highest BCUT2D eigenvalue weighted by Crippen LogP contribution is 2.24. The molecule has 4 nitrogen and oxygen atoms in total. The Bertz CT molecular complexity index is 380. The van der Waals surface area contributed by atoms with Gasteiger partial charge in [0.2, 0.25) is 5.88 Å². The molecule has 1 aromatic rings. The summed E-state index contributed by atoms with van der Waals surface area (Å²) in [6.07, 6.45) is 0. The van der Waals surface area contributed by atoms with Crippen molar-refractivity contribution >= 4 is 11.6 Å². The predicted molar refractivity (Wildman–Crippen MR) is 69.9 cm³/mol. The van der Waals surface area contributed by atoms with Crippen LogP contribution in [-0.2, 0) is 0 Å². The first kappa shape index (κ1) is 14.2. The van der Waals surface area contributed by atoms with E-state index in [0.717, 1.165) is 17.9 Å². The van der Waals surface area contributed by atoms with Crippen LogP contribution in [0.15, 0.2) is 0 Å². The van der Waals surface area contributed by atoms with Crippen LogP contribution in [0.3, 0.4) is 0 Å². The maximum absolute atomic E-state index is 6.06. The number of likely N-dealkylation sites (N-methyl/N-ethyl adjacent to an activating group) is 1. The van der Waals surface area contributed by atoms with Gasteiger partial charge in [0.15, 0.2) is 0 Å². The second kappa shape index (κ2) is 6.17. The minimum atomic E-state index is 0.240. The molecule has 96 valence electrons. The van der Waals surface area contributed by atoms with Crippen LogP contribution in [-0.4, -0.2) is 42.1 Å². The van der Waals surface area contributed by atoms with E-state index in [1.807, 2.05) is 34.9 Å². The minimum Gasteiger partial charge on any atom is -0.476 e. The number of ether oxygens (including phenoxy) is 1. The van der Waals surface area contributed by atoms with Gasteiger partial charge < -0.3 is 9.64 Å². The number of halogens is 1. The Balaban J connectivity index is 2.82. The highest BCUT2D eigenvalue weighted by molar-refractivity contribution is 6.30. The van der Waals surface area contributed by atoms with Crippen LogP contribution in [0.5, 0.6) is 5.88 Å². The summed E-state index contributed by atoms with van der Waals surface area (Å²) >= 11 is 6.06. The van der Waals surface area contributed by atoms with Crippen LogP contribution in [0.4, 0.5) is 0 Å². The Morgan fingerprint density at radius 1 is 1.29 bits per heavy atom. The molecule has 0 aromatic carbocycles. The summed E-state index contributed by atoms with van der Waals surface area (Å²) in [5.41, 5.74) is 0.801. The minimum absolute atomic E-state index is 0.240. The molecule has 0 saturated carbocycles. The first-order valence-corrected chi connectivity index (χ1v) is 6.11. The van der Waals surface area contributed by atoms with Crippen LogP contribution >= 0.6 is 11.6 Å². The first-order chi connectivity index (χ1) is 7.91. The van der Waals surface area contributed by atoms with E-state index >= 15 is 0 Å². The quantitative estimate of drug-likeness (QED) is 0.760. The van der Waals surface area contributed by atoms with Gasteiger partial charge in [0.25, 0.3) is 0 Å². The third-order valence-electron chi connectivity index (χ3n) is 2.35. The van der Waals surface area contributed by atoms with Crippen molar-refractivity contribution in [1.82, 2.24) is 14.9 Å². The van der Waals surface area contributed by atoms with E-state index in [1.54, 1.807) is 0 Å². The molecule has 0 amide bonds. The summed E-state index contributed by atoms with van der Waals surface area (Å²) in [7, 11) is 4.01. The summed E-state index contributed by atoms with van der Waals surface area (Å²) < 4.78 is 5.64. The van der Waals surface area contributed by atoms with E-state index < -0.39 is 0 Å². The van der Waals surface area contributed by atoms with Gasteiger partial charge in [0.05, 0.1) is 0 Å². The van der Waals surface area contributed by atoms with E-state index in [-0.39, 0.29) is 5.92 Å². The third-order valence-corrected chi connectivity index (χ3v) is 2.72. The molecule has 0 aliphatic rings. The first-order valence-electron chi connectivity index (χ1n) is 5.73. The lowest BCUT2D eigenvalue weighted by Crippen LogP contribution is -2.20. The number of rotatable bonds is 5. The van der Waals surface area contributed by atoms with E-state index in [0.29, 0.717) is 17.6 Å². The number of hydrogen-bond acceptors (Lipinski definition) is 4. The molecule has 1 rings (SSSR count). The summed E-state index contributed by atoms with van der Waals surface area (Å²) in [4.78, 5) is 10.7. The molecule has 0 radical (unpaired) electrons. The highest BCUT2D eigenvalue weighted by Gasteiger charge is 2.12. The molecule has 0 unspecified atom stereocenters. The number of aromatic nitrogens is 2. The van der Waals surface area contributed by atoms with E-state index in [1.165, 1.54) is 0 Å². The van der Waals surface area contributed by atoms with E-state index in [4.69, 9.17) is 16.3 Å². The lowest BCUT2D eigenvalue weighted by Gasteiger charge is -2.14. The zero-order valence-corrected chi connectivity index (χ0v) is 11.9. The molecule has 0 atom stereocenters. The van der Waals surface area contributed by atoms with Gasteiger partial charge in [-0.05, 0) is 21.0 Å². The van der Waals surface area contributed by atoms with Crippen LogP contribution in [0, 0.1) is 6.92 Å². The van der Waals surface area contributed by atoms with E-state index in [2.05, 4.69) is 14.9 Å². The second-order valence-corrected chi connectivity index (χ2v) is 4.97. The molecule has 5 heteroatoms. The van der Waals surface area contributed by atoms with Gasteiger partial charge in [-0.1, -0.05) is 25.4 Å². The molecule has 0 saturated heterocycles. The van der Waals surface area contributed by atoms with Gasteiger partial charge in [-0.2, -0.15) is 4.98 Å². The molecule has 0 bridgehead atoms. The maximum Gasteiger partial charge on any atom is 0.221 e. The summed E-state index contributed by atoms with van der Waals surface area (Å²) in [6, 6.07) is 0. The zero-order chi connectivity index (χ0) is 13.0. The molecule has 0 N–H and O–H groups in total. The Labute approximate surface area is 108 Å². The average molecular weight is 258 g/mol. The van der Waals surface area contributed by atoms with Gasteiger partial charge in [0.1, 0.15) is 17.6 Å². The van der Waals surface area contributed by atoms with Gasteiger partial charge in [0, 0.05) is 18.0 Å². The average Bonchev–Trinajstić information content (AvgIpc) is 2.23. The molecule has 1 heterocycles. The van der Waals surface area contributed by atoms with Crippen molar-refractivity contribution in [2.75, 3.05) is 27.2 Å².